The lowest BCUT2D eigenvalue weighted by atomic mass is 9.85. The van der Waals surface area contributed by atoms with Gasteiger partial charge in [-0.3, -0.25) is 0 Å². The number of hydrogen-bond acceptors (Lipinski definition) is 6. The number of carboxylic acids is 1. The number of carboxylic acid groups (broad SMARTS) is 1. The molecule has 26 heavy (non-hydrogen) atoms. The fourth-order valence-electron chi connectivity index (χ4n) is 4.04. The first-order chi connectivity index (χ1) is 12.4. The number of aromatic carboxylic acids is 1. The third-order valence-electron chi connectivity index (χ3n) is 5.53. The number of anilines is 1. The molecule has 6 nitrogen and oxygen atoms in total. The van der Waals surface area contributed by atoms with E-state index in [-0.39, 0.29) is 5.60 Å². The zero-order valence-electron chi connectivity index (χ0n) is 15.3. The van der Waals surface area contributed by atoms with Crippen molar-refractivity contribution < 1.29 is 14.6 Å². The van der Waals surface area contributed by atoms with Crippen LogP contribution in [0.25, 0.3) is 0 Å². The Labute approximate surface area is 156 Å². The molecule has 2 aliphatic rings. The van der Waals surface area contributed by atoms with Gasteiger partial charge in [0.15, 0.2) is 0 Å². The molecule has 138 valence electrons. The number of rotatable bonds is 2. The molecule has 1 saturated heterocycles. The molecule has 2 aromatic heterocycles. The topological polar surface area (TPSA) is 75.6 Å². The van der Waals surface area contributed by atoms with Crippen molar-refractivity contribution in [1.82, 2.24) is 9.97 Å². The van der Waals surface area contributed by atoms with Crippen LogP contribution >= 0.6 is 11.3 Å². The van der Waals surface area contributed by atoms with Gasteiger partial charge in [-0.2, -0.15) is 0 Å². The Morgan fingerprint density at radius 2 is 2.00 bits per heavy atom. The van der Waals surface area contributed by atoms with E-state index in [0.717, 1.165) is 65.7 Å². The Morgan fingerprint density at radius 1 is 1.27 bits per heavy atom. The van der Waals surface area contributed by atoms with Crippen LogP contribution in [0.15, 0.2) is 6.07 Å². The summed E-state index contributed by atoms with van der Waals surface area (Å²) >= 11 is 1.39. The van der Waals surface area contributed by atoms with Gasteiger partial charge in [0.25, 0.3) is 0 Å². The van der Waals surface area contributed by atoms with Crippen LogP contribution in [0, 0.1) is 20.8 Å². The number of thiophene rings is 1. The first-order valence-electron chi connectivity index (χ1n) is 8.97. The van der Waals surface area contributed by atoms with E-state index < -0.39 is 5.97 Å². The van der Waals surface area contributed by atoms with Gasteiger partial charge in [0.1, 0.15) is 22.1 Å². The monoisotopic (exact) mass is 373 g/mol. The summed E-state index contributed by atoms with van der Waals surface area (Å²) < 4.78 is 6.25. The van der Waals surface area contributed by atoms with Gasteiger partial charge in [0, 0.05) is 29.2 Å². The van der Waals surface area contributed by atoms with E-state index in [1.165, 1.54) is 11.3 Å². The third kappa shape index (κ3) is 2.79. The number of nitrogens with zero attached hydrogens (tertiary/aromatic N) is 3. The van der Waals surface area contributed by atoms with Crippen LogP contribution < -0.4 is 4.90 Å². The van der Waals surface area contributed by atoms with Crippen LogP contribution in [0.3, 0.4) is 0 Å². The molecule has 2 aliphatic heterocycles. The van der Waals surface area contributed by atoms with Crippen molar-refractivity contribution in [3.8, 4) is 0 Å². The van der Waals surface area contributed by atoms with Gasteiger partial charge in [-0.15, -0.1) is 11.3 Å². The number of aromatic nitrogens is 2. The number of hydrogen-bond donors (Lipinski definition) is 1. The lowest BCUT2D eigenvalue weighted by molar-refractivity contribution is -0.0735. The second-order valence-electron chi connectivity index (χ2n) is 7.15. The van der Waals surface area contributed by atoms with Gasteiger partial charge in [-0.25, -0.2) is 14.8 Å². The van der Waals surface area contributed by atoms with Crippen molar-refractivity contribution in [3.05, 3.63) is 38.5 Å². The minimum absolute atomic E-state index is 0.340. The van der Waals surface area contributed by atoms with E-state index in [1.807, 2.05) is 19.9 Å². The molecular weight excluding hydrogens is 350 g/mol. The highest BCUT2D eigenvalue weighted by molar-refractivity contribution is 7.14. The van der Waals surface area contributed by atoms with Crippen molar-refractivity contribution in [2.24, 2.45) is 0 Å². The first kappa shape index (κ1) is 17.4. The lowest BCUT2D eigenvalue weighted by Crippen LogP contribution is -2.46. The summed E-state index contributed by atoms with van der Waals surface area (Å²) in [7, 11) is 0. The van der Waals surface area contributed by atoms with E-state index in [9.17, 15) is 9.90 Å². The van der Waals surface area contributed by atoms with Crippen LogP contribution in [-0.4, -0.2) is 40.7 Å². The molecule has 1 spiro atoms. The van der Waals surface area contributed by atoms with Crippen LogP contribution in [0.4, 0.5) is 5.82 Å². The fourth-order valence-corrected chi connectivity index (χ4v) is 5.29. The molecule has 1 fully saturated rings. The Hall–Kier alpha value is -1.99. The summed E-state index contributed by atoms with van der Waals surface area (Å²) in [5, 5.41) is 9.34. The summed E-state index contributed by atoms with van der Waals surface area (Å²) in [5.41, 5.74) is 2.96. The lowest BCUT2D eigenvalue weighted by Gasteiger charge is -2.44. The molecule has 0 aromatic carbocycles. The van der Waals surface area contributed by atoms with Crippen molar-refractivity contribution in [2.75, 3.05) is 24.6 Å². The van der Waals surface area contributed by atoms with Gasteiger partial charge in [0.2, 0.25) is 0 Å². The summed E-state index contributed by atoms with van der Waals surface area (Å²) in [5.74, 6) is 0.960. The Bertz CT molecular complexity index is 869. The predicted octanol–water partition coefficient (Wildman–Crippen LogP) is 3.23. The SMILES string of the molecule is Cc1nc(C)c(C)c(N2CCC3(CC2)OCCc2cc(C(=O)O)sc23)n1. The highest BCUT2D eigenvalue weighted by atomic mass is 32.1. The molecule has 0 unspecified atom stereocenters. The van der Waals surface area contributed by atoms with Crippen LogP contribution in [0.2, 0.25) is 0 Å². The largest absolute Gasteiger partial charge is 0.477 e. The minimum Gasteiger partial charge on any atom is -0.477 e. The maximum absolute atomic E-state index is 11.4. The average Bonchev–Trinajstić information content (AvgIpc) is 3.05. The second-order valence-corrected chi connectivity index (χ2v) is 8.21. The summed E-state index contributed by atoms with van der Waals surface area (Å²) in [4.78, 5) is 24.3. The number of carbonyl (C=O) groups is 1. The zero-order chi connectivity index (χ0) is 18.5. The Kier molecular flexibility index (Phi) is 4.23. The van der Waals surface area contributed by atoms with Crippen molar-refractivity contribution in [2.45, 2.75) is 45.6 Å². The van der Waals surface area contributed by atoms with E-state index in [2.05, 4.69) is 21.8 Å². The quantitative estimate of drug-likeness (QED) is 0.871. The van der Waals surface area contributed by atoms with Gasteiger partial charge < -0.3 is 14.7 Å². The highest BCUT2D eigenvalue weighted by Crippen LogP contribution is 2.46. The first-order valence-corrected chi connectivity index (χ1v) is 9.78. The molecule has 0 radical (unpaired) electrons. The number of piperidine rings is 1. The van der Waals surface area contributed by atoms with E-state index >= 15 is 0 Å². The average molecular weight is 373 g/mol. The number of aryl methyl sites for hydroxylation is 2. The highest BCUT2D eigenvalue weighted by Gasteiger charge is 2.43. The van der Waals surface area contributed by atoms with E-state index in [4.69, 9.17) is 4.74 Å². The van der Waals surface area contributed by atoms with Crippen molar-refractivity contribution >= 4 is 23.1 Å². The Balaban J connectivity index is 1.61. The molecule has 1 N–H and O–H groups in total. The summed E-state index contributed by atoms with van der Waals surface area (Å²) in [6.07, 6.45) is 2.50. The van der Waals surface area contributed by atoms with Crippen molar-refractivity contribution in [3.63, 3.8) is 0 Å². The van der Waals surface area contributed by atoms with Gasteiger partial charge in [-0.1, -0.05) is 0 Å². The van der Waals surface area contributed by atoms with Crippen LogP contribution in [0.1, 0.15) is 50.0 Å². The molecule has 2 aromatic rings. The zero-order valence-corrected chi connectivity index (χ0v) is 16.2. The van der Waals surface area contributed by atoms with E-state index in [0.29, 0.717) is 11.5 Å². The van der Waals surface area contributed by atoms with Crippen molar-refractivity contribution in [1.29, 1.82) is 0 Å². The second kappa shape index (κ2) is 6.32. The molecule has 0 amide bonds. The molecule has 0 aliphatic carbocycles. The summed E-state index contributed by atoms with van der Waals surface area (Å²) in [6, 6.07) is 1.83. The molecule has 0 saturated carbocycles. The van der Waals surface area contributed by atoms with Gasteiger partial charge >= 0.3 is 5.97 Å². The Morgan fingerprint density at radius 3 is 2.69 bits per heavy atom. The fraction of sp³-hybridized carbons (Fsp3) is 0.526. The molecule has 0 atom stereocenters. The molecule has 0 bridgehead atoms. The van der Waals surface area contributed by atoms with Gasteiger partial charge in [-0.05, 0) is 51.7 Å². The molecule has 7 heteroatoms. The number of ether oxygens (including phenoxy) is 1. The predicted molar refractivity (Wildman–Crippen MR) is 100 cm³/mol. The van der Waals surface area contributed by atoms with Crippen LogP contribution in [0.5, 0.6) is 0 Å². The molecule has 4 heterocycles. The smallest absolute Gasteiger partial charge is 0.345 e. The number of fused-ring (bicyclic) bond motifs is 2. The maximum Gasteiger partial charge on any atom is 0.345 e. The molecular formula is C19H23N3O3S. The van der Waals surface area contributed by atoms with Gasteiger partial charge in [0.05, 0.1) is 6.61 Å². The standard InChI is InChI=1S/C19H23N3O3S/c1-11-12(2)20-13(3)21-17(11)22-7-5-19(6-8-22)16-14(4-9-25-19)10-15(26-16)18(23)24/h10H,4-9H2,1-3H3,(H,23,24). The molecule has 4 rings (SSSR count). The third-order valence-corrected chi connectivity index (χ3v) is 6.88. The minimum atomic E-state index is -0.848. The van der Waals surface area contributed by atoms with Crippen LogP contribution in [-0.2, 0) is 16.8 Å². The normalized spacial score (nSPS) is 18.8. The van der Waals surface area contributed by atoms with E-state index in [1.54, 1.807) is 0 Å². The maximum atomic E-state index is 11.4. The summed E-state index contributed by atoms with van der Waals surface area (Å²) in [6.45, 7) is 8.37.